The third kappa shape index (κ3) is 2.14. The van der Waals surface area contributed by atoms with Crippen molar-refractivity contribution in [3.05, 3.63) is 20.8 Å². The molecule has 1 aliphatic rings. The van der Waals surface area contributed by atoms with E-state index in [1.54, 1.807) is 11.3 Å². The number of aliphatic hydroxyl groups excluding tert-OH is 1. The molecule has 2 rings (SSSR count). The topological polar surface area (TPSA) is 20.2 Å². The second-order valence-electron chi connectivity index (χ2n) is 3.68. The van der Waals surface area contributed by atoms with Gasteiger partial charge in [-0.2, -0.15) is 0 Å². The molecule has 1 aromatic rings. The summed E-state index contributed by atoms with van der Waals surface area (Å²) < 4.78 is 1.06. The van der Waals surface area contributed by atoms with Gasteiger partial charge in [-0.05, 0) is 39.7 Å². The molecule has 0 aliphatic heterocycles. The second-order valence-corrected chi connectivity index (χ2v) is 5.48. The molecular formula is C10H13BrOS. The Balaban J connectivity index is 1.96. The third-order valence-electron chi connectivity index (χ3n) is 2.73. The average Bonchev–Trinajstić information content (AvgIpc) is 2.43. The summed E-state index contributed by atoms with van der Waals surface area (Å²) in [6.07, 6.45) is 4.65. The van der Waals surface area contributed by atoms with Gasteiger partial charge < -0.3 is 5.11 Å². The Morgan fingerprint density at radius 2 is 2.38 bits per heavy atom. The van der Waals surface area contributed by atoms with E-state index in [0.29, 0.717) is 0 Å². The molecule has 1 heterocycles. The first kappa shape index (κ1) is 9.69. The van der Waals surface area contributed by atoms with Crippen LogP contribution in [0.4, 0.5) is 0 Å². The van der Waals surface area contributed by atoms with Gasteiger partial charge in [0.1, 0.15) is 0 Å². The summed E-state index contributed by atoms with van der Waals surface area (Å²) in [7, 11) is 0. The van der Waals surface area contributed by atoms with Crippen molar-refractivity contribution in [2.75, 3.05) is 0 Å². The molecule has 0 amide bonds. The van der Waals surface area contributed by atoms with Crippen molar-refractivity contribution >= 4 is 27.3 Å². The first-order chi connectivity index (χ1) is 6.27. The number of thiophene rings is 1. The minimum Gasteiger partial charge on any atom is -0.388 e. The highest BCUT2D eigenvalue weighted by Crippen LogP contribution is 2.38. The lowest BCUT2D eigenvalue weighted by atomic mass is 9.81. The fourth-order valence-electron chi connectivity index (χ4n) is 1.69. The van der Waals surface area contributed by atoms with E-state index in [2.05, 4.69) is 15.9 Å². The Kier molecular flexibility index (Phi) is 3.06. The van der Waals surface area contributed by atoms with Crippen LogP contribution >= 0.6 is 27.3 Å². The van der Waals surface area contributed by atoms with Crippen molar-refractivity contribution < 1.29 is 5.11 Å². The number of aliphatic hydroxyl groups is 1. The number of halogens is 1. The van der Waals surface area contributed by atoms with Crippen LogP contribution in [-0.4, -0.2) is 5.11 Å². The highest BCUT2D eigenvalue weighted by Gasteiger charge is 2.23. The van der Waals surface area contributed by atoms with Crippen LogP contribution < -0.4 is 0 Å². The summed E-state index contributed by atoms with van der Waals surface area (Å²) >= 11 is 5.08. The first-order valence-electron chi connectivity index (χ1n) is 4.68. The van der Waals surface area contributed by atoms with Gasteiger partial charge in [-0.1, -0.05) is 19.3 Å². The van der Waals surface area contributed by atoms with Gasteiger partial charge in [0, 0.05) is 9.35 Å². The zero-order valence-electron chi connectivity index (χ0n) is 7.37. The summed E-state index contributed by atoms with van der Waals surface area (Å²) in [5.74, 6) is 0.768. The molecule has 1 nitrogen and oxygen atoms in total. The molecule has 1 N–H and O–H groups in total. The van der Waals surface area contributed by atoms with Gasteiger partial charge in [0.05, 0.1) is 6.10 Å². The van der Waals surface area contributed by atoms with E-state index in [1.165, 1.54) is 19.3 Å². The Morgan fingerprint density at radius 3 is 2.85 bits per heavy atom. The van der Waals surface area contributed by atoms with Crippen LogP contribution in [-0.2, 0) is 0 Å². The number of hydrogen-bond acceptors (Lipinski definition) is 2. The molecular weight excluding hydrogens is 248 g/mol. The maximum Gasteiger partial charge on any atom is 0.0896 e. The fraction of sp³-hybridized carbons (Fsp3) is 0.600. The van der Waals surface area contributed by atoms with E-state index >= 15 is 0 Å². The summed E-state index contributed by atoms with van der Waals surface area (Å²) in [5, 5.41) is 11.9. The zero-order chi connectivity index (χ0) is 9.26. The Bertz CT molecular complexity index is 280. The smallest absolute Gasteiger partial charge is 0.0896 e. The van der Waals surface area contributed by atoms with Crippen molar-refractivity contribution in [2.24, 2.45) is 5.92 Å². The predicted octanol–water partition coefficient (Wildman–Crippen LogP) is 3.73. The molecule has 0 aromatic carbocycles. The highest BCUT2D eigenvalue weighted by molar-refractivity contribution is 9.10. The lowest BCUT2D eigenvalue weighted by molar-refractivity contribution is 0.121. The molecule has 0 bridgehead atoms. The normalized spacial score (nSPS) is 19.8. The number of hydrogen-bond donors (Lipinski definition) is 1. The Labute approximate surface area is 90.9 Å². The SMILES string of the molecule is OC(CC1CCC1)c1sccc1Br. The van der Waals surface area contributed by atoms with E-state index in [1.807, 2.05) is 11.4 Å². The van der Waals surface area contributed by atoms with E-state index in [-0.39, 0.29) is 6.10 Å². The molecule has 1 aromatic heterocycles. The Morgan fingerprint density at radius 1 is 1.62 bits per heavy atom. The lowest BCUT2D eigenvalue weighted by Gasteiger charge is -2.27. The summed E-state index contributed by atoms with van der Waals surface area (Å²) in [4.78, 5) is 1.09. The van der Waals surface area contributed by atoms with Crippen LogP contribution in [0.25, 0.3) is 0 Å². The molecule has 3 heteroatoms. The largest absolute Gasteiger partial charge is 0.388 e. The molecule has 0 radical (unpaired) electrons. The van der Waals surface area contributed by atoms with E-state index in [9.17, 15) is 5.11 Å². The Hall–Kier alpha value is 0.140. The van der Waals surface area contributed by atoms with E-state index in [0.717, 1.165) is 21.7 Å². The molecule has 1 saturated carbocycles. The van der Waals surface area contributed by atoms with Crippen LogP contribution in [0, 0.1) is 5.92 Å². The minimum absolute atomic E-state index is 0.250. The van der Waals surface area contributed by atoms with Crippen molar-refractivity contribution in [1.82, 2.24) is 0 Å². The van der Waals surface area contributed by atoms with Crippen LogP contribution in [0.2, 0.25) is 0 Å². The van der Waals surface area contributed by atoms with Gasteiger partial charge in [-0.3, -0.25) is 0 Å². The molecule has 0 spiro atoms. The maximum absolute atomic E-state index is 9.91. The monoisotopic (exact) mass is 260 g/mol. The summed E-state index contributed by atoms with van der Waals surface area (Å²) in [6, 6.07) is 2.00. The van der Waals surface area contributed by atoms with Crippen LogP contribution in [0.15, 0.2) is 15.9 Å². The molecule has 1 fully saturated rings. The van der Waals surface area contributed by atoms with E-state index in [4.69, 9.17) is 0 Å². The van der Waals surface area contributed by atoms with Crippen LogP contribution in [0.5, 0.6) is 0 Å². The highest BCUT2D eigenvalue weighted by atomic mass is 79.9. The minimum atomic E-state index is -0.250. The third-order valence-corrected chi connectivity index (χ3v) is 4.70. The molecule has 72 valence electrons. The zero-order valence-corrected chi connectivity index (χ0v) is 9.77. The summed E-state index contributed by atoms with van der Waals surface area (Å²) in [6.45, 7) is 0. The molecule has 1 unspecified atom stereocenters. The van der Waals surface area contributed by atoms with Crippen LogP contribution in [0.1, 0.15) is 36.7 Å². The molecule has 1 atom stereocenters. The van der Waals surface area contributed by atoms with Crippen molar-refractivity contribution in [2.45, 2.75) is 31.8 Å². The standard InChI is InChI=1S/C10H13BrOS/c11-8-4-5-13-10(8)9(12)6-7-2-1-3-7/h4-5,7,9,12H,1-3,6H2. The van der Waals surface area contributed by atoms with Gasteiger partial charge in [0.25, 0.3) is 0 Å². The number of rotatable bonds is 3. The maximum atomic E-state index is 9.91. The quantitative estimate of drug-likeness (QED) is 0.878. The fourth-order valence-corrected chi connectivity index (χ4v) is 3.33. The first-order valence-corrected chi connectivity index (χ1v) is 6.35. The van der Waals surface area contributed by atoms with Gasteiger partial charge in [0.15, 0.2) is 0 Å². The van der Waals surface area contributed by atoms with Crippen molar-refractivity contribution in [3.8, 4) is 0 Å². The molecule has 13 heavy (non-hydrogen) atoms. The van der Waals surface area contributed by atoms with Crippen molar-refractivity contribution in [3.63, 3.8) is 0 Å². The van der Waals surface area contributed by atoms with Gasteiger partial charge >= 0.3 is 0 Å². The van der Waals surface area contributed by atoms with Crippen molar-refractivity contribution in [1.29, 1.82) is 0 Å². The second kappa shape index (κ2) is 4.11. The predicted molar refractivity (Wildman–Crippen MR) is 58.9 cm³/mol. The van der Waals surface area contributed by atoms with Gasteiger partial charge in [-0.15, -0.1) is 11.3 Å². The van der Waals surface area contributed by atoms with Crippen LogP contribution in [0.3, 0.4) is 0 Å². The molecule has 0 saturated heterocycles. The van der Waals surface area contributed by atoms with Gasteiger partial charge in [-0.25, -0.2) is 0 Å². The summed E-state index contributed by atoms with van der Waals surface area (Å²) in [5.41, 5.74) is 0. The van der Waals surface area contributed by atoms with Gasteiger partial charge in [0.2, 0.25) is 0 Å². The lowest BCUT2D eigenvalue weighted by Crippen LogP contribution is -2.14. The molecule has 1 aliphatic carbocycles. The average molecular weight is 261 g/mol. The van der Waals surface area contributed by atoms with E-state index < -0.39 is 0 Å².